The molecule has 0 aliphatic carbocycles. The van der Waals surface area contributed by atoms with Crippen LogP contribution in [0.4, 0.5) is 17.3 Å². The van der Waals surface area contributed by atoms with Crippen molar-refractivity contribution in [3.05, 3.63) is 84.2 Å². The molecule has 0 atom stereocenters. The maximum Gasteiger partial charge on any atom is 0.136 e. The molecular formula is C24H27N5. The summed E-state index contributed by atoms with van der Waals surface area (Å²) in [6.07, 6.45) is 4.45. The van der Waals surface area contributed by atoms with Gasteiger partial charge in [0, 0.05) is 44.5 Å². The van der Waals surface area contributed by atoms with Gasteiger partial charge in [-0.3, -0.25) is 4.90 Å². The van der Waals surface area contributed by atoms with Crippen LogP contribution in [0.25, 0.3) is 6.08 Å². The Hall–Kier alpha value is -3.18. The van der Waals surface area contributed by atoms with Crippen LogP contribution in [-0.2, 0) is 0 Å². The molecule has 4 rings (SSSR count). The minimum absolute atomic E-state index is 0.786. The zero-order valence-corrected chi connectivity index (χ0v) is 16.8. The summed E-state index contributed by atoms with van der Waals surface area (Å²) < 4.78 is 0. The number of piperazine rings is 1. The van der Waals surface area contributed by atoms with Gasteiger partial charge in [-0.15, -0.1) is 0 Å². The predicted octanol–water partition coefficient (Wildman–Crippen LogP) is 4.36. The Morgan fingerprint density at radius 2 is 1.59 bits per heavy atom. The second-order valence-electron chi connectivity index (χ2n) is 7.25. The molecule has 0 bridgehead atoms. The third-order valence-electron chi connectivity index (χ3n) is 5.04. The van der Waals surface area contributed by atoms with Crippen LogP contribution in [0.2, 0.25) is 0 Å². The molecule has 0 spiro atoms. The molecule has 0 radical (unpaired) electrons. The van der Waals surface area contributed by atoms with E-state index in [1.165, 1.54) is 5.56 Å². The third-order valence-corrected chi connectivity index (χ3v) is 5.04. The average Bonchev–Trinajstić information content (AvgIpc) is 2.75. The lowest BCUT2D eigenvalue weighted by Crippen LogP contribution is -2.46. The van der Waals surface area contributed by atoms with E-state index < -0.39 is 0 Å². The van der Waals surface area contributed by atoms with Crippen molar-refractivity contribution in [3.63, 3.8) is 0 Å². The SMILES string of the molecule is Cc1nc(Nc2ccccc2)cc(N2CCN(C/C=C/c3ccccc3)CC2)n1. The first-order valence-electron chi connectivity index (χ1n) is 10.1. The number of hydrogen-bond donors (Lipinski definition) is 1. The molecule has 1 aliphatic heterocycles. The van der Waals surface area contributed by atoms with Gasteiger partial charge < -0.3 is 10.2 Å². The Morgan fingerprint density at radius 3 is 2.31 bits per heavy atom. The van der Waals surface area contributed by atoms with Crippen molar-refractivity contribution in [3.8, 4) is 0 Å². The largest absolute Gasteiger partial charge is 0.354 e. The van der Waals surface area contributed by atoms with Gasteiger partial charge in [-0.2, -0.15) is 0 Å². The van der Waals surface area contributed by atoms with Crippen LogP contribution in [0, 0.1) is 6.92 Å². The summed E-state index contributed by atoms with van der Waals surface area (Å²) in [6, 6.07) is 22.6. The number of benzene rings is 2. The monoisotopic (exact) mass is 385 g/mol. The molecule has 1 aliphatic rings. The topological polar surface area (TPSA) is 44.3 Å². The molecule has 5 nitrogen and oxygen atoms in total. The van der Waals surface area contributed by atoms with Gasteiger partial charge in [-0.1, -0.05) is 60.7 Å². The van der Waals surface area contributed by atoms with Crippen molar-refractivity contribution in [2.24, 2.45) is 0 Å². The molecule has 1 aromatic heterocycles. The van der Waals surface area contributed by atoms with Crippen molar-refractivity contribution < 1.29 is 0 Å². The second kappa shape index (κ2) is 9.34. The van der Waals surface area contributed by atoms with E-state index in [0.717, 1.165) is 55.9 Å². The number of anilines is 3. The highest BCUT2D eigenvalue weighted by molar-refractivity contribution is 5.59. The molecule has 1 N–H and O–H groups in total. The zero-order valence-electron chi connectivity index (χ0n) is 16.8. The second-order valence-corrected chi connectivity index (χ2v) is 7.25. The number of nitrogens with one attached hydrogen (secondary N) is 1. The van der Waals surface area contributed by atoms with E-state index in [2.05, 4.69) is 61.5 Å². The van der Waals surface area contributed by atoms with Gasteiger partial charge in [0.2, 0.25) is 0 Å². The van der Waals surface area contributed by atoms with Crippen molar-refractivity contribution in [1.29, 1.82) is 0 Å². The Labute approximate surface area is 172 Å². The maximum absolute atomic E-state index is 4.67. The Balaban J connectivity index is 1.34. The molecule has 2 aromatic carbocycles. The lowest BCUT2D eigenvalue weighted by Gasteiger charge is -2.35. The van der Waals surface area contributed by atoms with Crippen LogP contribution in [0.3, 0.4) is 0 Å². The van der Waals surface area contributed by atoms with Crippen molar-refractivity contribution in [2.75, 3.05) is 42.9 Å². The third kappa shape index (κ3) is 5.42. The summed E-state index contributed by atoms with van der Waals surface area (Å²) in [5, 5.41) is 3.38. The van der Waals surface area contributed by atoms with Crippen molar-refractivity contribution >= 4 is 23.4 Å². The van der Waals surface area contributed by atoms with Gasteiger partial charge in [0.25, 0.3) is 0 Å². The zero-order chi connectivity index (χ0) is 19.9. The smallest absolute Gasteiger partial charge is 0.136 e. The molecule has 1 saturated heterocycles. The maximum atomic E-state index is 4.67. The van der Waals surface area contributed by atoms with Crippen molar-refractivity contribution in [1.82, 2.24) is 14.9 Å². The number of hydrogen-bond acceptors (Lipinski definition) is 5. The molecule has 0 unspecified atom stereocenters. The molecule has 29 heavy (non-hydrogen) atoms. The average molecular weight is 386 g/mol. The first-order chi connectivity index (χ1) is 14.3. The van der Waals surface area contributed by atoms with Gasteiger partial charge in [-0.05, 0) is 24.6 Å². The van der Waals surface area contributed by atoms with E-state index in [0.29, 0.717) is 0 Å². The highest BCUT2D eigenvalue weighted by atomic mass is 15.3. The van der Waals surface area contributed by atoms with Crippen molar-refractivity contribution in [2.45, 2.75) is 6.92 Å². The highest BCUT2D eigenvalue weighted by Crippen LogP contribution is 2.21. The summed E-state index contributed by atoms with van der Waals surface area (Å²) in [4.78, 5) is 14.0. The van der Waals surface area contributed by atoms with Crippen LogP contribution in [0.5, 0.6) is 0 Å². The van der Waals surface area contributed by atoms with E-state index in [-0.39, 0.29) is 0 Å². The summed E-state index contributed by atoms with van der Waals surface area (Å²) in [7, 11) is 0. The van der Waals surface area contributed by atoms with Crippen LogP contribution in [0.1, 0.15) is 11.4 Å². The molecular weight excluding hydrogens is 358 g/mol. The Morgan fingerprint density at radius 1 is 0.897 bits per heavy atom. The minimum atomic E-state index is 0.786. The summed E-state index contributed by atoms with van der Waals surface area (Å²) >= 11 is 0. The van der Waals surface area contributed by atoms with Gasteiger partial charge in [0.05, 0.1) is 0 Å². The van der Waals surface area contributed by atoms with E-state index in [9.17, 15) is 0 Å². The molecule has 3 aromatic rings. The van der Waals surface area contributed by atoms with E-state index in [1.54, 1.807) is 0 Å². The quantitative estimate of drug-likeness (QED) is 0.683. The highest BCUT2D eigenvalue weighted by Gasteiger charge is 2.18. The normalized spacial score (nSPS) is 15.0. The summed E-state index contributed by atoms with van der Waals surface area (Å²) in [5.74, 6) is 2.62. The van der Waals surface area contributed by atoms with Crippen LogP contribution in [-0.4, -0.2) is 47.6 Å². The van der Waals surface area contributed by atoms with E-state index in [4.69, 9.17) is 0 Å². The number of rotatable bonds is 6. The van der Waals surface area contributed by atoms with Crippen LogP contribution >= 0.6 is 0 Å². The fourth-order valence-electron chi connectivity index (χ4n) is 3.51. The fraction of sp³-hybridized carbons (Fsp3) is 0.250. The first kappa shape index (κ1) is 19.2. The minimum Gasteiger partial charge on any atom is -0.354 e. The van der Waals surface area contributed by atoms with E-state index >= 15 is 0 Å². The molecule has 0 saturated carbocycles. The molecule has 148 valence electrons. The summed E-state index contributed by atoms with van der Waals surface area (Å²) in [6.45, 7) is 6.94. The number of aryl methyl sites for hydroxylation is 1. The van der Waals surface area contributed by atoms with Gasteiger partial charge in [-0.25, -0.2) is 9.97 Å². The van der Waals surface area contributed by atoms with E-state index in [1.807, 2.05) is 49.4 Å². The lowest BCUT2D eigenvalue weighted by atomic mass is 10.2. The molecule has 1 fully saturated rings. The van der Waals surface area contributed by atoms with Gasteiger partial charge in [0.1, 0.15) is 17.5 Å². The number of para-hydroxylation sites is 1. The lowest BCUT2D eigenvalue weighted by molar-refractivity contribution is 0.283. The molecule has 5 heteroatoms. The van der Waals surface area contributed by atoms with Gasteiger partial charge in [0.15, 0.2) is 0 Å². The van der Waals surface area contributed by atoms with Gasteiger partial charge >= 0.3 is 0 Å². The molecule has 2 heterocycles. The summed E-state index contributed by atoms with van der Waals surface area (Å²) in [5.41, 5.74) is 2.28. The number of aromatic nitrogens is 2. The van der Waals surface area contributed by atoms with Crippen LogP contribution in [0.15, 0.2) is 72.8 Å². The van der Waals surface area contributed by atoms with Crippen LogP contribution < -0.4 is 10.2 Å². The number of nitrogens with zero attached hydrogens (tertiary/aromatic N) is 4. The molecule has 0 amide bonds. The Kier molecular flexibility index (Phi) is 6.17. The predicted molar refractivity (Wildman–Crippen MR) is 121 cm³/mol. The Bertz CT molecular complexity index is 932. The first-order valence-corrected chi connectivity index (χ1v) is 10.1. The standard InChI is InChI=1S/C24H27N5/c1-20-25-23(27-22-12-6-3-7-13-22)19-24(26-20)29-17-15-28(16-18-29)14-8-11-21-9-4-2-5-10-21/h2-13,19H,14-18H2,1H3,(H,25,26,27)/b11-8+. The fourth-order valence-corrected chi connectivity index (χ4v) is 3.51.